The Morgan fingerprint density at radius 1 is 1.19 bits per heavy atom. The van der Waals surface area contributed by atoms with Crippen LogP contribution in [0.3, 0.4) is 0 Å². The molecular formula is C13H23NO2. The predicted octanol–water partition coefficient (Wildman–Crippen LogP) is 1.11. The fourth-order valence-electron chi connectivity index (χ4n) is 4.11. The van der Waals surface area contributed by atoms with Gasteiger partial charge in [0.25, 0.3) is 0 Å². The summed E-state index contributed by atoms with van der Waals surface area (Å²) in [5.74, 6) is 1.45. The standard InChI is InChI=1S/C13H23NO2/c1-13(2)9-7-10(13)12(11(15)8-9)14-3-5-16-6-4-14/h9-12,15H,3-8H2,1-2H3/t9-,10+,11-,12-/m1/s1. The number of hydrogen-bond acceptors (Lipinski definition) is 3. The lowest BCUT2D eigenvalue weighted by molar-refractivity contribution is -0.180. The lowest BCUT2D eigenvalue weighted by Gasteiger charge is -2.63. The normalized spacial score (nSPS) is 47.4. The number of morpholine rings is 1. The molecule has 0 radical (unpaired) electrons. The van der Waals surface area contributed by atoms with Crippen LogP contribution in [-0.4, -0.2) is 48.5 Å². The number of fused-ring (bicyclic) bond motifs is 2. The second-order valence-electron chi connectivity index (χ2n) is 6.30. The highest BCUT2D eigenvalue weighted by atomic mass is 16.5. The van der Waals surface area contributed by atoms with Crippen molar-refractivity contribution in [3.63, 3.8) is 0 Å². The third-order valence-corrected chi connectivity index (χ3v) is 5.35. The van der Waals surface area contributed by atoms with Gasteiger partial charge >= 0.3 is 0 Å². The first-order chi connectivity index (χ1) is 7.60. The molecule has 0 aromatic heterocycles. The minimum absolute atomic E-state index is 0.102. The van der Waals surface area contributed by atoms with E-state index in [4.69, 9.17) is 4.74 Å². The van der Waals surface area contributed by atoms with Crippen LogP contribution < -0.4 is 0 Å². The maximum absolute atomic E-state index is 10.3. The summed E-state index contributed by atoms with van der Waals surface area (Å²) in [5.41, 5.74) is 0.447. The fourth-order valence-corrected chi connectivity index (χ4v) is 4.11. The van der Waals surface area contributed by atoms with Gasteiger partial charge in [-0.3, -0.25) is 4.90 Å². The lowest BCUT2D eigenvalue weighted by atomic mass is 9.46. The van der Waals surface area contributed by atoms with Gasteiger partial charge in [-0.15, -0.1) is 0 Å². The van der Waals surface area contributed by atoms with Crippen LogP contribution in [0.15, 0.2) is 0 Å². The van der Waals surface area contributed by atoms with Crippen molar-refractivity contribution in [3.05, 3.63) is 0 Å². The molecule has 3 aliphatic carbocycles. The first-order valence-corrected chi connectivity index (χ1v) is 6.60. The maximum Gasteiger partial charge on any atom is 0.0701 e. The summed E-state index contributed by atoms with van der Waals surface area (Å²) in [7, 11) is 0. The summed E-state index contributed by atoms with van der Waals surface area (Å²) in [6.45, 7) is 8.42. The first kappa shape index (κ1) is 11.0. The van der Waals surface area contributed by atoms with Crippen LogP contribution in [0.5, 0.6) is 0 Å². The van der Waals surface area contributed by atoms with Crippen molar-refractivity contribution in [1.82, 2.24) is 4.90 Å². The molecule has 0 amide bonds. The van der Waals surface area contributed by atoms with Crippen molar-refractivity contribution in [2.24, 2.45) is 17.3 Å². The minimum Gasteiger partial charge on any atom is -0.391 e. The highest BCUT2D eigenvalue weighted by molar-refractivity contribution is 5.09. The van der Waals surface area contributed by atoms with Gasteiger partial charge in [-0.25, -0.2) is 0 Å². The third kappa shape index (κ3) is 1.45. The number of hydrogen-bond donors (Lipinski definition) is 1. The second-order valence-corrected chi connectivity index (χ2v) is 6.30. The summed E-state index contributed by atoms with van der Waals surface area (Å²) in [4.78, 5) is 2.47. The number of aliphatic hydroxyl groups excluding tert-OH is 1. The van der Waals surface area contributed by atoms with Crippen molar-refractivity contribution in [2.75, 3.05) is 26.3 Å². The molecule has 3 nitrogen and oxygen atoms in total. The first-order valence-electron chi connectivity index (χ1n) is 6.60. The van der Waals surface area contributed by atoms with Gasteiger partial charge in [0.15, 0.2) is 0 Å². The smallest absolute Gasteiger partial charge is 0.0701 e. The molecule has 4 atom stereocenters. The van der Waals surface area contributed by atoms with E-state index < -0.39 is 0 Å². The van der Waals surface area contributed by atoms with E-state index in [0.717, 1.165) is 38.6 Å². The molecule has 3 saturated carbocycles. The average Bonchev–Trinajstić information content (AvgIpc) is 2.29. The van der Waals surface area contributed by atoms with E-state index in [2.05, 4.69) is 18.7 Å². The van der Waals surface area contributed by atoms with Gasteiger partial charge in [-0.2, -0.15) is 0 Å². The van der Waals surface area contributed by atoms with E-state index in [0.29, 0.717) is 17.4 Å². The molecule has 2 bridgehead atoms. The SMILES string of the molecule is CC1(C)[C@H]2C[C@@H](O)[C@H](N3CCOCC3)[C@@H]1C2. The molecular weight excluding hydrogens is 202 g/mol. The lowest BCUT2D eigenvalue weighted by Crippen LogP contribution is -2.66. The highest BCUT2D eigenvalue weighted by Gasteiger charge is 2.58. The van der Waals surface area contributed by atoms with Crippen molar-refractivity contribution < 1.29 is 9.84 Å². The molecule has 16 heavy (non-hydrogen) atoms. The topological polar surface area (TPSA) is 32.7 Å². The molecule has 1 aliphatic heterocycles. The molecule has 1 saturated heterocycles. The number of nitrogens with zero attached hydrogens (tertiary/aromatic N) is 1. The Bertz CT molecular complexity index is 273. The molecule has 4 rings (SSSR count). The van der Waals surface area contributed by atoms with Crippen LogP contribution in [0.2, 0.25) is 0 Å². The van der Waals surface area contributed by atoms with Gasteiger partial charge < -0.3 is 9.84 Å². The van der Waals surface area contributed by atoms with Gasteiger partial charge in [0.05, 0.1) is 19.3 Å². The molecule has 92 valence electrons. The van der Waals surface area contributed by atoms with E-state index >= 15 is 0 Å². The van der Waals surface area contributed by atoms with Crippen molar-refractivity contribution in [3.8, 4) is 0 Å². The zero-order valence-corrected chi connectivity index (χ0v) is 10.4. The number of ether oxygens (including phenoxy) is 1. The van der Waals surface area contributed by atoms with Crippen LogP contribution in [0, 0.1) is 17.3 Å². The van der Waals surface area contributed by atoms with Crippen LogP contribution in [-0.2, 0) is 4.74 Å². The molecule has 0 aromatic rings. The largest absolute Gasteiger partial charge is 0.391 e. The van der Waals surface area contributed by atoms with E-state index in [-0.39, 0.29) is 6.10 Å². The van der Waals surface area contributed by atoms with Crippen LogP contribution in [0.1, 0.15) is 26.7 Å². The zero-order valence-electron chi connectivity index (χ0n) is 10.4. The summed E-state index contributed by atoms with van der Waals surface area (Å²) < 4.78 is 5.40. The molecule has 0 unspecified atom stereocenters. The Hall–Kier alpha value is -0.120. The van der Waals surface area contributed by atoms with Crippen molar-refractivity contribution in [2.45, 2.75) is 38.8 Å². The predicted molar refractivity (Wildman–Crippen MR) is 62.2 cm³/mol. The Morgan fingerprint density at radius 3 is 2.50 bits per heavy atom. The molecule has 3 heteroatoms. The summed E-state index contributed by atoms with van der Waals surface area (Å²) >= 11 is 0. The molecule has 0 spiro atoms. The molecule has 4 fully saturated rings. The summed E-state index contributed by atoms with van der Waals surface area (Å²) in [5, 5.41) is 10.3. The quantitative estimate of drug-likeness (QED) is 0.726. The minimum atomic E-state index is -0.102. The van der Waals surface area contributed by atoms with Gasteiger partial charge in [0.1, 0.15) is 0 Å². The second kappa shape index (κ2) is 3.69. The maximum atomic E-state index is 10.3. The van der Waals surface area contributed by atoms with E-state index in [1.807, 2.05) is 0 Å². The van der Waals surface area contributed by atoms with E-state index in [1.54, 1.807) is 0 Å². The third-order valence-electron chi connectivity index (χ3n) is 5.35. The van der Waals surface area contributed by atoms with Gasteiger partial charge in [0, 0.05) is 19.1 Å². The van der Waals surface area contributed by atoms with Crippen molar-refractivity contribution in [1.29, 1.82) is 0 Å². The van der Waals surface area contributed by atoms with Crippen molar-refractivity contribution >= 4 is 0 Å². The number of rotatable bonds is 1. The van der Waals surface area contributed by atoms with Crippen LogP contribution in [0.4, 0.5) is 0 Å². The van der Waals surface area contributed by atoms with Gasteiger partial charge in [-0.05, 0) is 30.1 Å². The fraction of sp³-hybridized carbons (Fsp3) is 1.00. The Morgan fingerprint density at radius 2 is 1.88 bits per heavy atom. The molecule has 1 N–H and O–H groups in total. The van der Waals surface area contributed by atoms with Crippen LogP contribution >= 0.6 is 0 Å². The Balaban J connectivity index is 1.76. The van der Waals surface area contributed by atoms with Gasteiger partial charge in [-0.1, -0.05) is 13.8 Å². The monoisotopic (exact) mass is 225 g/mol. The zero-order chi connectivity index (χ0) is 11.3. The molecule has 1 heterocycles. The number of aliphatic hydroxyl groups is 1. The molecule has 4 aliphatic rings. The van der Waals surface area contributed by atoms with Crippen LogP contribution in [0.25, 0.3) is 0 Å². The Kier molecular flexibility index (Phi) is 2.54. The van der Waals surface area contributed by atoms with E-state index in [1.165, 1.54) is 6.42 Å². The highest BCUT2D eigenvalue weighted by Crippen LogP contribution is 2.60. The Labute approximate surface area is 97.8 Å². The summed E-state index contributed by atoms with van der Waals surface area (Å²) in [6.07, 6.45) is 2.23. The summed E-state index contributed by atoms with van der Waals surface area (Å²) in [6, 6.07) is 0.392. The van der Waals surface area contributed by atoms with E-state index in [9.17, 15) is 5.11 Å². The van der Waals surface area contributed by atoms with Gasteiger partial charge in [0.2, 0.25) is 0 Å². The average molecular weight is 225 g/mol. The molecule has 0 aromatic carbocycles.